The summed E-state index contributed by atoms with van der Waals surface area (Å²) in [6.07, 6.45) is 6.61. The fourth-order valence-electron chi connectivity index (χ4n) is 3.00. The minimum Gasteiger partial charge on any atom is -0.469 e. The Bertz CT molecular complexity index is 1010. The van der Waals surface area contributed by atoms with Gasteiger partial charge in [0.05, 0.1) is 56.2 Å². The highest BCUT2D eigenvalue weighted by atomic mass is 16.5. The summed E-state index contributed by atoms with van der Waals surface area (Å²) in [6, 6.07) is 10.4. The maximum Gasteiger partial charge on any atom is 0.307 e. The Kier molecular flexibility index (Phi) is 6.63. The molecule has 9 nitrogen and oxygen atoms in total. The van der Waals surface area contributed by atoms with E-state index in [0.29, 0.717) is 11.3 Å². The third kappa shape index (κ3) is 4.93. The van der Waals surface area contributed by atoms with Gasteiger partial charge in [-0.3, -0.25) is 19.1 Å². The van der Waals surface area contributed by atoms with Gasteiger partial charge in [-0.05, 0) is 24.3 Å². The second kappa shape index (κ2) is 9.55. The molecule has 0 bridgehead atoms. The Balaban J connectivity index is 1.78. The first-order valence-electron chi connectivity index (χ1n) is 9.23. The number of esters is 2. The molecule has 0 fully saturated rings. The molecule has 0 spiro atoms. The van der Waals surface area contributed by atoms with Crippen molar-refractivity contribution in [2.45, 2.75) is 18.9 Å². The van der Waals surface area contributed by atoms with E-state index >= 15 is 0 Å². The van der Waals surface area contributed by atoms with Gasteiger partial charge in [-0.25, -0.2) is 0 Å². The van der Waals surface area contributed by atoms with Gasteiger partial charge in [0.2, 0.25) is 0 Å². The Morgan fingerprint density at radius 2 is 1.63 bits per heavy atom. The van der Waals surface area contributed by atoms with Crippen molar-refractivity contribution in [2.24, 2.45) is 0 Å². The van der Waals surface area contributed by atoms with Crippen LogP contribution in [0.4, 0.5) is 5.69 Å². The molecule has 0 aliphatic carbocycles. The Morgan fingerprint density at radius 1 is 1.00 bits per heavy atom. The van der Waals surface area contributed by atoms with Crippen LogP contribution >= 0.6 is 0 Å². The molecule has 0 aliphatic heterocycles. The number of anilines is 1. The Labute approximate surface area is 173 Å². The molecule has 1 amide bonds. The summed E-state index contributed by atoms with van der Waals surface area (Å²) in [5, 5.41) is 6.99. The van der Waals surface area contributed by atoms with Crippen LogP contribution in [0.2, 0.25) is 0 Å². The van der Waals surface area contributed by atoms with E-state index in [9.17, 15) is 14.4 Å². The number of benzene rings is 1. The van der Waals surface area contributed by atoms with E-state index in [1.54, 1.807) is 18.3 Å². The molecular weight excluding hydrogens is 388 g/mol. The quantitative estimate of drug-likeness (QED) is 0.573. The molecule has 0 radical (unpaired) electrons. The number of para-hydroxylation sites is 1. The summed E-state index contributed by atoms with van der Waals surface area (Å²) >= 11 is 0. The van der Waals surface area contributed by atoms with Crippen molar-refractivity contribution in [1.82, 2.24) is 14.3 Å². The van der Waals surface area contributed by atoms with E-state index in [2.05, 4.69) is 10.4 Å². The van der Waals surface area contributed by atoms with Crippen LogP contribution in [0, 0.1) is 0 Å². The highest BCUT2D eigenvalue weighted by molar-refractivity contribution is 6.06. The summed E-state index contributed by atoms with van der Waals surface area (Å²) < 4.78 is 12.7. The molecule has 0 atom stereocenters. The molecule has 2 heterocycles. The molecule has 3 aromatic rings. The van der Waals surface area contributed by atoms with E-state index in [4.69, 9.17) is 9.47 Å². The van der Waals surface area contributed by atoms with Crippen molar-refractivity contribution in [3.8, 4) is 5.69 Å². The van der Waals surface area contributed by atoms with Gasteiger partial charge in [0.25, 0.3) is 5.91 Å². The first kappa shape index (κ1) is 20.8. The largest absolute Gasteiger partial charge is 0.469 e. The van der Waals surface area contributed by atoms with E-state index in [0.717, 1.165) is 5.69 Å². The zero-order valence-corrected chi connectivity index (χ0v) is 16.6. The number of nitrogens with zero attached hydrogens (tertiary/aromatic N) is 3. The third-order valence-electron chi connectivity index (χ3n) is 4.52. The van der Waals surface area contributed by atoms with E-state index < -0.39 is 18.0 Å². The van der Waals surface area contributed by atoms with Crippen LogP contribution in [0.5, 0.6) is 0 Å². The highest BCUT2D eigenvalue weighted by Crippen LogP contribution is 2.21. The maximum absolute atomic E-state index is 12.8. The lowest BCUT2D eigenvalue weighted by molar-refractivity contribution is -0.144. The Morgan fingerprint density at radius 3 is 2.27 bits per heavy atom. The molecule has 1 aromatic carbocycles. The fourth-order valence-corrected chi connectivity index (χ4v) is 3.00. The first-order valence-corrected chi connectivity index (χ1v) is 9.23. The van der Waals surface area contributed by atoms with Crippen molar-refractivity contribution < 1.29 is 23.9 Å². The SMILES string of the molecule is COC(=O)CC(CC(=O)OC)n1cc(NC(=O)c2ccccc2-n2cccc2)cn1. The molecule has 0 unspecified atom stereocenters. The van der Waals surface area contributed by atoms with Crippen LogP contribution in [0.3, 0.4) is 0 Å². The highest BCUT2D eigenvalue weighted by Gasteiger charge is 2.22. The van der Waals surface area contributed by atoms with Crippen LogP contribution in [-0.2, 0) is 19.1 Å². The molecular formula is C21H22N4O5. The average molecular weight is 410 g/mol. The number of hydrogen-bond donors (Lipinski definition) is 1. The number of methoxy groups -OCH3 is 2. The van der Waals surface area contributed by atoms with Crippen molar-refractivity contribution in [3.63, 3.8) is 0 Å². The normalized spacial score (nSPS) is 10.6. The van der Waals surface area contributed by atoms with Crippen LogP contribution < -0.4 is 5.32 Å². The number of nitrogens with one attached hydrogen (secondary N) is 1. The predicted octanol–water partition coefficient (Wildman–Crippen LogP) is 2.59. The number of amides is 1. The zero-order chi connectivity index (χ0) is 21.5. The molecule has 0 aliphatic rings. The van der Waals surface area contributed by atoms with Gasteiger partial charge in [0.1, 0.15) is 0 Å². The first-order chi connectivity index (χ1) is 14.5. The molecule has 0 saturated heterocycles. The fraction of sp³-hybridized carbons (Fsp3) is 0.238. The lowest BCUT2D eigenvalue weighted by atomic mass is 10.1. The van der Waals surface area contributed by atoms with Crippen molar-refractivity contribution in [1.29, 1.82) is 0 Å². The summed E-state index contributed by atoms with van der Waals surface area (Å²) in [5.74, 6) is -1.27. The minimum atomic E-state index is -0.595. The number of rotatable bonds is 8. The predicted molar refractivity (Wildman–Crippen MR) is 108 cm³/mol. The minimum absolute atomic E-state index is 0.0584. The van der Waals surface area contributed by atoms with E-state index in [-0.39, 0.29) is 18.7 Å². The van der Waals surface area contributed by atoms with Gasteiger partial charge < -0.3 is 19.4 Å². The third-order valence-corrected chi connectivity index (χ3v) is 4.52. The molecule has 30 heavy (non-hydrogen) atoms. The van der Waals surface area contributed by atoms with Crippen molar-refractivity contribution in [3.05, 3.63) is 66.7 Å². The average Bonchev–Trinajstić information content (AvgIpc) is 3.45. The number of aromatic nitrogens is 3. The molecule has 156 valence electrons. The molecule has 0 saturated carbocycles. The van der Waals surface area contributed by atoms with Crippen molar-refractivity contribution >= 4 is 23.5 Å². The topological polar surface area (TPSA) is 104 Å². The zero-order valence-electron chi connectivity index (χ0n) is 16.6. The van der Waals surface area contributed by atoms with Crippen LogP contribution in [0.15, 0.2) is 61.2 Å². The molecule has 2 aromatic heterocycles. The van der Waals surface area contributed by atoms with Crippen LogP contribution in [0.1, 0.15) is 29.2 Å². The van der Waals surface area contributed by atoms with E-state index in [1.165, 1.54) is 25.1 Å². The lowest BCUT2D eigenvalue weighted by Gasteiger charge is -2.15. The second-order valence-electron chi connectivity index (χ2n) is 6.48. The lowest BCUT2D eigenvalue weighted by Crippen LogP contribution is -2.19. The number of carbonyl (C=O) groups excluding carboxylic acids is 3. The van der Waals surface area contributed by atoms with Crippen LogP contribution in [0.25, 0.3) is 5.69 Å². The standard InChI is InChI=1S/C21H22N4O5/c1-29-19(26)11-16(12-20(27)30-2)25-14-15(13-22-25)23-21(28)17-7-3-4-8-18(17)24-9-5-6-10-24/h3-10,13-14,16H,11-12H2,1-2H3,(H,23,28). The summed E-state index contributed by atoms with van der Waals surface area (Å²) in [4.78, 5) is 36.2. The van der Waals surface area contributed by atoms with Gasteiger partial charge in [0.15, 0.2) is 0 Å². The molecule has 3 rings (SSSR count). The number of ether oxygens (including phenoxy) is 2. The van der Waals surface area contributed by atoms with Gasteiger partial charge in [-0.1, -0.05) is 12.1 Å². The molecule has 1 N–H and O–H groups in total. The molecule has 9 heteroatoms. The van der Waals surface area contributed by atoms with Gasteiger partial charge >= 0.3 is 11.9 Å². The maximum atomic E-state index is 12.8. The number of hydrogen-bond acceptors (Lipinski definition) is 6. The van der Waals surface area contributed by atoms with Gasteiger partial charge in [-0.2, -0.15) is 5.10 Å². The van der Waals surface area contributed by atoms with E-state index in [1.807, 2.05) is 41.2 Å². The van der Waals surface area contributed by atoms with Gasteiger partial charge in [-0.15, -0.1) is 0 Å². The summed E-state index contributed by atoms with van der Waals surface area (Å²) in [6.45, 7) is 0. The van der Waals surface area contributed by atoms with Crippen molar-refractivity contribution in [2.75, 3.05) is 19.5 Å². The summed E-state index contributed by atoms with van der Waals surface area (Å²) in [5.41, 5.74) is 1.66. The number of carbonyl (C=O) groups is 3. The van der Waals surface area contributed by atoms with Crippen LogP contribution in [-0.4, -0.2) is 46.4 Å². The summed E-state index contributed by atoms with van der Waals surface area (Å²) in [7, 11) is 2.54. The monoisotopic (exact) mass is 410 g/mol. The smallest absolute Gasteiger partial charge is 0.307 e. The van der Waals surface area contributed by atoms with Gasteiger partial charge in [0, 0.05) is 18.6 Å². The Hall–Kier alpha value is -3.88. The second-order valence-corrected chi connectivity index (χ2v) is 6.48.